The largest absolute Gasteiger partial charge is 0.366 e. The van der Waals surface area contributed by atoms with Gasteiger partial charge in [0.25, 0.3) is 0 Å². The van der Waals surface area contributed by atoms with E-state index in [9.17, 15) is 4.39 Å². The predicted molar refractivity (Wildman–Crippen MR) is 108 cm³/mol. The van der Waals surface area contributed by atoms with Crippen molar-refractivity contribution in [2.45, 2.75) is 0 Å². The molecule has 1 aliphatic rings. The number of nitrogens with zero attached hydrogens (tertiary/aromatic N) is 4. The number of piperazine rings is 1. The Morgan fingerprint density at radius 1 is 0.889 bits per heavy atom. The van der Waals surface area contributed by atoms with Crippen molar-refractivity contribution in [1.29, 1.82) is 0 Å². The van der Waals surface area contributed by atoms with Gasteiger partial charge in [0.05, 0.1) is 5.69 Å². The molecule has 0 radical (unpaired) electrons. The molecular weight excluding hydrogens is 365 g/mol. The van der Waals surface area contributed by atoms with Gasteiger partial charge in [-0.05, 0) is 30.3 Å². The van der Waals surface area contributed by atoms with Crippen molar-refractivity contribution in [3.05, 3.63) is 71.8 Å². The van der Waals surface area contributed by atoms with Crippen molar-refractivity contribution in [2.24, 2.45) is 0 Å². The number of rotatable bonds is 4. The highest BCUT2D eigenvalue weighted by atomic mass is 35.5. The molecule has 1 aliphatic heterocycles. The van der Waals surface area contributed by atoms with Crippen molar-refractivity contribution in [3.8, 4) is 0 Å². The molecule has 1 fully saturated rings. The van der Waals surface area contributed by atoms with Gasteiger partial charge in [0, 0.05) is 43.0 Å². The lowest BCUT2D eigenvalue weighted by molar-refractivity contribution is 0.596. The van der Waals surface area contributed by atoms with Gasteiger partial charge in [0.2, 0.25) is 0 Å². The molecule has 27 heavy (non-hydrogen) atoms. The van der Waals surface area contributed by atoms with Crippen molar-refractivity contribution in [2.75, 3.05) is 41.3 Å². The topological polar surface area (TPSA) is 44.3 Å². The monoisotopic (exact) mass is 383 g/mol. The molecule has 1 saturated heterocycles. The van der Waals surface area contributed by atoms with Crippen LogP contribution in [0.5, 0.6) is 0 Å². The highest BCUT2D eigenvalue weighted by Crippen LogP contribution is 2.24. The van der Waals surface area contributed by atoms with Crippen molar-refractivity contribution >= 4 is 34.6 Å². The van der Waals surface area contributed by atoms with Crippen LogP contribution in [0.2, 0.25) is 5.02 Å². The van der Waals surface area contributed by atoms with Crippen LogP contribution in [0.3, 0.4) is 0 Å². The predicted octanol–water partition coefficient (Wildman–Crippen LogP) is 4.34. The molecule has 0 spiro atoms. The Morgan fingerprint density at radius 2 is 1.67 bits per heavy atom. The van der Waals surface area contributed by atoms with Crippen LogP contribution in [0, 0.1) is 5.82 Å². The normalized spacial score (nSPS) is 14.3. The van der Waals surface area contributed by atoms with Gasteiger partial charge in [-0.2, -0.15) is 0 Å². The summed E-state index contributed by atoms with van der Waals surface area (Å²) < 4.78 is 14.0. The zero-order chi connectivity index (χ0) is 18.6. The van der Waals surface area contributed by atoms with Crippen LogP contribution < -0.4 is 15.1 Å². The van der Waals surface area contributed by atoms with Crippen molar-refractivity contribution < 1.29 is 4.39 Å². The summed E-state index contributed by atoms with van der Waals surface area (Å²) in [7, 11) is 0. The maximum Gasteiger partial charge on any atom is 0.146 e. The number of anilines is 4. The second-order valence-electron chi connectivity index (χ2n) is 6.32. The van der Waals surface area contributed by atoms with Crippen LogP contribution in [-0.4, -0.2) is 36.1 Å². The Bertz CT molecular complexity index is 928. The molecule has 0 unspecified atom stereocenters. The molecule has 3 aromatic rings. The van der Waals surface area contributed by atoms with Crippen LogP contribution >= 0.6 is 11.6 Å². The lowest BCUT2D eigenvalue weighted by Gasteiger charge is -2.36. The first-order chi connectivity index (χ1) is 13.2. The smallest absolute Gasteiger partial charge is 0.146 e. The fraction of sp³-hybridized carbons (Fsp3) is 0.200. The third kappa shape index (κ3) is 4.11. The summed E-state index contributed by atoms with van der Waals surface area (Å²) in [5.74, 6) is 1.38. The van der Waals surface area contributed by atoms with E-state index < -0.39 is 0 Å². The molecule has 2 aromatic carbocycles. The SMILES string of the molecule is Fc1ccccc1N1CCN(c2cc(Nc3cccc(Cl)c3)ncn2)CC1. The Morgan fingerprint density at radius 3 is 2.44 bits per heavy atom. The minimum absolute atomic E-state index is 0.180. The minimum atomic E-state index is -0.180. The van der Waals surface area contributed by atoms with E-state index in [2.05, 4.69) is 25.1 Å². The summed E-state index contributed by atoms with van der Waals surface area (Å²) in [5, 5.41) is 3.91. The molecule has 4 rings (SSSR count). The zero-order valence-corrected chi connectivity index (χ0v) is 15.4. The maximum atomic E-state index is 14.0. The number of hydrogen-bond donors (Lipinski definition) is 1. The van der Waals surface area contributed by atoms with Gasteiger partial charge in [-0.3, -0.25) is 0 Å². The van der Waals surface area contributed by atoms with E-state index >= 15 is 0 Å². The molecule has 5 nitrogen and oxygen atoms in total. The number of para-hydroxylation sites is 1. The highest BCUT2D eigenvalue weighted by molar-refractivity contribution is 6.30. The third-order valence-corrected chi connectivity index (χ3v) is 4.78. The van der Waals surface area contributed by atoms with Gasteiger partial charge in [-0.1, -0.05) is 29.8 Å². The van der Waals surface area contributed by atoms with E-state index in [1.807, 2.05) is 42.5 Å². The number of benzene rings is 2. The van der Waals surface area contributed by atoms with Gasteiger partial charge in [0.15, 0.2) is 0 Å². The van der Waals surface area contributed by atoms with E-state index in [1.165, 1.54) is 6.07 Å². The molecule has 1 N–H and O–H groups in total. The second kappa shape index (κ2) is 7.80. The average molecular weight is 384 g/mol. The molecular formula is C20H19ClFN5. The molecule has 0 amide bonds. The van der Waals surface area contributed by atoms with Crippen LogP contribution in [0.4, 0.5) is 27.4 Å². The average Bonchev–Trinajstić information content (AvgIpc) is 2.69. The van der Waals surface area contributed by atoms with Crippen molar-refractivity contribution in [1.82, 2.24) is 9.97 Å². The van der Waals surface area contributed by atoms with E-state index in [4.69, 9.17) is 11.6 Å². The number of halogens is 2. The van der Waals surface area contributed by atoms with Gasteiger partial charge >= 0.3 is 0 Å². The Balaban J connectivity index is 1.43. The fourth-order valence-electron chi connectivity index (χ4n) is 3.19. The molecule has 7 heteroatoms. The first-order valence-corrected chi connectivity index (χ1v) is 9.16. The van der Waals surface area contributed by atoms with Crippen LogP contribution in [0.1, 0.15) is 0 Å². The number of hydrogen-bond acceptors (Lipinski definition) is 5. The van der Waals surface area contributed by atoms with Crippen molar-refractivity contribution in [3.63, 3.8) is 0 Å². The highest BCUT2D eigenvalue weighted by Gasteiger charge is 2.20. The summed E-state index contributed by atoms with van der Waals surface area (Å²) in [6, 6.07) is 16.3. The standard InChI is InChI=1S/C20H19ClFN5/c21-15-4-3-5-16(12-15)25-19-13-20(24-14-23-19)27-10-8-26(9-11-27)18-7-2-1-6-17(18)22/h1-7,12-14H,8-11H2,(H,23,24,25). The third-order valence-electron chi connectivity index (χ3n) is 4.55. The Labute approximate surface area is 162 Å². The molecule has 0 bridgehead atoms. The van der Waals surface area contributed by atoms with Crippen LogP contribution in [0.15, 0.2) is 60.9 Å². The molecule has 0 atom stereocenters. The molecule has 2 heterocycles. The quantitative estimate of drug-likeness (QED) is 0.726. The van der Waals surface area contributed by atoms with Gasteiger partial charge < -0.3 is 15.1 Å². The Kier molecular flexibility index (Phi) is 5.07. The molecule has 0 saturated carbocycles. The lowest BCUT2D eigenvalue weighted by Crippen LogP contribution is -2.47. The second-order valence-corrected chi connectivity index (χ2v) is 6.76. The summed E-state index contributed by atoms with van der Waals surface area (Å²) in [6.07, 6.45) is 1.55. The van der Waals surface area contributed by atoms with Gasteiger partial charge in [-0.25, -0.2) is 14.4 Å². The Hall–Kier alpha value is -2.86. The summed E-state index contributed by atoms with van der Waals surface area (Å²) in [4.78, 5) is 12.9. The van der Waals surface area contributed by atoms with E-state index in [0.717, 1.165) is 37.7 Å². The maximum absolute atomic E-state index is 14.0. The summed E-state index contributed by atoms with van der Waals surface area (Å²) in [5.41, 5.74) is 1.53. The lowest BCUT2D eigenvalue weighted by atomic mass is 10.2. The summed E-state index contributed by atoms with van der Waals surface area (Å²) >= 11 is 6.03. The first kappa shape index (κ1) is 17.5. The van der Waals surface area contributed by atoms with E-state index in [0.29, 0.717) is 16.5 Å². The number of nitrogens with one attached hydrogen (secondary N) is 1. The minimum Gasteiger partial charge on any atom is -0.366 e. The van der Waals surface area contributed by atoms with Crippen LogP contribution in [-0.2, 0) is 0 Å². The van der Waals surface area contributed by atoms with Crippen LogP contribution in [0.25, 0.3) is 0 Å². The van der Waals surface area contributed by atoms with E-state index in [1.54, 1.807) is 12.4 Å². The van der Waals surface area contributed by atoms with Gasteiger partial charge in [-0.15, -0.1) is 0 Å². The summed E-state index contributed by atoms with van der Waals surface area (Å²) in [6.45, 7) is 3.01. The first-order valence-electron chi connectivity index (χ1n) is 8.78. The number of aromatic nitrogens is 2. The fourth-order valence-corrected chi connectivity index (χ4v) is 3.38. The molecule has 0 aliphatic carbocycles. The molecule has 1 aromatic heterocycles. The molecule has 138 valence electrons. The van der Waals surface area contributed by atoms with E-state index in [-0.39, 0.29) is 5.82 Å². The van der Waals surface area contributed by atoms with Gasteiger partial charge in [0.1, 0.15) is 23.8 Å². The zero-order valence-electron chi connectivity index (χ0n) is 14.6.